The summed E-state index contributed by atoms with van der Waals surface area (Å²) in [4.78, 5) is 25.3. The maximum atomic E-state index is 12.8. The summed E-state index contributed by atoms with van der Waals surface area (Å²) in [5.41, 5.74) is 9.87. The molecule has 120 valence electrons. The lowest BCUT2D eigenvalue weighted by Crippen LogP contribution is -2.25. The van der Waals surface area contributed by atoms with E-state index in [0.29, 0.717) is 16.7 Å². The van der Waals surface area contributed by atoms with Crippen molar-refractivity contribution in [3.8, 4) is 11.1 Å². The fourth-order valence-corrected chi connectivity index (χ4v) is 3.14. The highest BCUT2D eigenvalue weighted by atomic mass is 16.1. The molecule has 0 aromatic heterocycles. The minimum atomic E-state index is -0.294. The van der Waals surface area contributed by atoms with Crippen LogP contribution in [-0.2, 0) is 0 Å². The molecule has 0 amide bonds. The Morgan fingerprint density at radius 1 is 0.520 bits per heavy atom. The second kappa shape index (κ2) is 5.87. The molecule has 0 aliphatic heterocycles. The zero-order chi connectivity index (χ0) is 17.4. The van der Waals surface area contributed by atoms with Crippen LogP contribution in [0.3, 0.4) is 0 Å². The summed E-state index contributed by atoms with van der Waals surface area (Å²) in [6.45, 7) is 0. The average molecular weight is 325 g/mol. The predicted octanol–water partition coefficient (Wildman–Crippen LogP) is 4.10. The summed E-state index contributed by atoms with van der Waals surface area (Å²) in [5, 5.41) is 0. The molecule has 3 nitrogen and oxygen atoms in total. The number of benzene rings is 3. The number of allylic oxidation sites excluding steroid dienone is 2. The lowest BCUT2D eigenvalue weighted by molar-refractivity contribution is 0.0990. The van der Waals surface area contributed by atoms with E-state index in [1.165, 1.54) is 0 Å². The topological polar surface area (TPSA) is 60.2 Å². The highest BCUT2D eigenvalue weighted by Crippen LogP contribution is 2.31. The van der Waals surface area contributed by atoms with Crippen LogP contribution in [0.25, 0.3) is 16.7 Å². The molecule has 2 N–H and O–H groups in total. The van der Waals surface area contributed by atoms with Gasteiger partial charge in [-0.05, 0) is 16.7 Å². The van der Waals surface area contributed by atoms with E-state index in [1.54, 1.807) is 24.3 Å². The first-order chi connectivity index (χ1) is 12.2. The fourth-order valence-electron chi connectivity index (χ4n) is 3.14. The van der Waals surface area contributed by atoms with Crippen molar-refractivity contribution in [3.63, 3.8) is 0 Å². The minimum absolute atomic E-state index is 0.0103. The number of hydrogen-bond acceptors (Lipinski definition) is 3. The summed E-state index contributed by atoms with van der Waals surface area (Å²) in [6, 6.07) is 24.3. The molecule has 0 radical (unpaired) electrons. The van der Waals surface area contributed by atoms with Crippen LogP contribution in [0.4, 0.5) is 0 Å². The van der Waals surface area contributed by atoms with E-state index in [0.717, 1.165) is 11.1 Å². The molecule has 0 bridgehead atoms. The van der Waals surface area contributed by atoms with Crippen molar-refractivity contribution < 1.29 is 9.59 Å². The lowest BCUT2D eigenvalue weighted by atomic mass is 9.84. The summed E-state index contributed by atoms with van der Waals surface area (Å²) >= 11 is 0. The van der Waals surface area contributed by atoms with Gasteiger partial charge in [0.05, 0.1) is 11.3 Å². The summed E-state index contributed by atoms with van der Waals surface area (Å²) in [7, 11) is 0. The maximum absolute atomic E-state index is 12.8. The van der Waals surface area contributed by atoms with E-state index >= 15 is 0 Å². The van der Waals surface area contributed by atoms with Gasteiger partial charge in [0.25, 0.3) is 0 Å². The van der Waals surface area contributed by atoms with Crippen molar-refractivity contribution in [1.82, 2.24) is 0 Å². The number of hydrogen-bond donors (Lipinski definition) is 1. The van der Waals surface area contributed by atoms with Gasteiger partial charge in [-0.15, -0.1) is 0 Å². The highest BCUT2D eigenvalue weighted by Gasteiger charge is 2.31. The predicted molar refractivity (Wildman–Crippen MR) is 98.1 cm³/mol. The fraction of sp³-hybridized carbons (Fsp3) is 0. The molecule has 0 spiro atoms. The third-order valence-corrected chi connectivity index (χ3v) is 4.44. The van der Waals surface area contributed by atoms with Crippen molar-refractivity contribution in [1.29, 1.82) is 0 Å². The zero-order valence-corrected chi connectivity index (χ0v) is 13.4. The average Bonchev–Trinajstić information content (AvgIpc) is 2.68. The number of rotatable bonds is 2. The number of nitrogens with two attached hydrogens (primary N) is 1. The van der Waals surface area contributed by atoms with E-state index in [9.17, 15) is 9.59 Å². The Labute approximate surface area is 145 Å². The number of fused-ring (bicyclic) bond motifs is 1. The molecule has 0 atom stereocenters. The molecule has 0 saturated heterocycles. The summed E-state index contributed by atoms with van der Waals surface area (Å²) < 4.78 is 0. The van der Waals surface area contributed by atoms with Gasteiger partial charge in [-0.2, -0.15) is 0 Å². The largest absolute Gasteiger partial charge is 0.395 e. The van der Waals surface area contributed by atoms with Crippen LogP contribution in [0, 0.1) is 0 Å². The first-order valence-electron chi connectivity index (χ1n) is 8.01. The van der Waals surface area contributed by atoms with Gasteiger partial charge in [0.1, 0.15) is 0 Å². The van der Waals surface area contributed by atoms with Crippen molar-refractivity contribution in [3.05, 3.63) is 101 Å². The molecule has 0 unspecified atom stereocenters. The molecule has 4 rings (SSSR count). The normalized spacial score (nSPS) is 13.8. The monoisotopic (exact) mass is 325 g/mol. The summed E-state index contributed by atoms with van der Waals surface area (Å²) in [6.07, 6.45) is 0. The lowest BCUT2D eigenvalue weighted by Gasteiger charge is -2.19. The Kier molecular flexibility index (Phi) is 3.55. The Bertz CT molecular complexity index is 1020. The van der Waals surface area contributed by atoms with Gasteiger partial charge < -0.3 is 5.73 Å². The van der Waals surface area contributed by atoms with Crippen LogP contribution in [0.2, 0.25) is 0 Å². The molecule has 1 aliphatic rings. The molecule has 3 aromatic carbocycles. The molecular formula is C22H15NO2. The van der Waals surface area contributed by atoms with Crippen molar-refractivity contribution in [2.45, 2.75) is 0 Å². The van der Waals surface area contributed by atoms with E-state index in [4.69, 9.17) is 5.73 Å². The third kappa shape index (κ3) is 2.46. The first-order valence-corrected chi connectivity index (χ1v) is 8.01. The standard InChI is InChI=1S/C22H15NO2/c23-20-19(21(24)17-8-4-5-9-18(17)22(20)25)16-12-10-15(11-13-16)14-6-2-1-3-7-14/h1-13H,23H2. The molecule has 0 fully saturated rings. The van der Waals surface area contributed by atoms with Gasteiger partial charge in [0.2, 0.25) is 5.78 Å². The second-order valence-corrected chi connectivity index (χ2v) is 5.94. The molecule has 3 aromatic rings. The van der Waals surface area contributed by atoms with Crippen LogP contribution in [0.1, 0.15) is 26.3 Å². The Balaban J connectivity index is 1.78. The minimum Gasteiger partial charge on any atom is -0.395 e. The molecule has 1 aliphatic carbocycles. The van der Waals surface area contributed by atoms with E-state index < -0.39 is 0 Å². The number of Topliss-reactive ketones (excluding diaryl/α,β-unsaturated/α-hetero) is 2. The van der Waals surface area contributed by atoms with Crippen molar-refractivity contribution in [2.75, 3.05) is 0 Å². The van der Waals surface area contributed by atoms with Crippen LogP contribution in [-0.4, -0.2) is 11.6 Å². The molecule has 0 heterocycles. The molecule has 3 heteroatoms. The third-order valence-electron chi connectivity index (χ3n) is 4.44. The van der Waals surface area contributed by atoms with E-state index in [1.807, 2.05) is 54.6 Å². The number of carbonyl (C=O) groups is 2. The molecular weight excluding hydrogens is 310 g/mol. The van der Waals surface area contributed by atoms with Gasteiger partial charge in [-0.25, -0.2) is 0 Å². The van der Waals surface area contributed by atoms with Gasteiger partial charge in [0.15, 0.2) is 5.78 Å². The van der Waals surface area contributed by atoms with Gasteiger partial charge in [-0.3, -0.25) is 9.59 Å². The quantitative estimate of drug-likeness (QED) is 0.771. The zero-order valence-electron chi connectivity index (χ0n) is 13.4. The van der Waals surface area contributed by atoms with Crippen LogP contribution in [0.15, 0.2) is 84.6 Å². The van der Waals surface area contributed by atoms with E-state index in [-0.39, 0.29) is 22.8 Å². The van der Waals surface area contributed by atoms with Crippen LogP contribution < -0.4 is 5.73 Å². The number of carbonyl (C=O) groups excluding carboxylic acids is 2. The smallest absolute Gasteiger partial charge is 0.210 e. The van der Waals surface area contributed by atoms with Gasteiger partial charge in [0, 0.05) is 11.1 Å². The first kappa shape index (κ1) is 15.1. The Morgan fingerprint density at radius 2 is 1.00 bits per heavy atom. The van der Waals surface area contributed by atoms with E-state index in [2.05, 4.69) is 0 Å². The van der Waals surface area contributed by atoms with Crippen LogP contribution >= 0.6 is 0 Å². The second-order valence-electron chi connectivity index (χ2n) is 5.94. The molecule has 25 heavy (non-hydrogen) atoms. The van der Waals surface area contributed by atoms with Crippen molar-refractivity contribution in [2.24, 2.45) is 5.73 Å². The van der Waals surface area contributed by atoms with Crippen molar-refractivity contribution >= 4 is 17.1 Å². The highest BCUT2D eigenvalue weighted by molar-refractivity contribution is 6.40. The summed E-state index contributed by atoms with van der Waals surface area (Å²) in [5.74, 6) is -0.502. The Hall–Kier alpha value is -3.46. The van der Waals surface area contributed by atoms with Gasteiger partial charge >= 0.3 is 0 Å². The Morgan fingerprint density at radius 3 is 1.64 bits per heavy atom. The van der Waals surface area contributed by atoms with Crippen LogP contribution in [0.5, 0.6) is 0 Å². The SMILES string of the molecule is NC1=C(c2ccc(-c3ccccc3)cc2)C(=O)c2ccccc2C1=O. The number of ketones is 2. The van der Waals surface area contributed by atoms with Gasteiger partial charge in [-0.1, -0.05) is 78.9 Å². The molecule has 0 saturated carbocycles. The maximum Gasteiger partial charge on any atom is 0.210 e.